The second kappa shape index (κ2) is 5.76. The fraction of sp³-hybridized carbons (Fsp3) is 0.500. The summed E-state index contributed by atoms with van der Waals surface area (Å²) in [6, 6.07) is 8.82. The van der Waals surface area contributed by atoms with Crippen molar-refractivity contribution in [2.75, 3.05) is 12.3 Å². The minimum Gasteiger partial charge on any atom is -0.480 e. The van der Waals surface area contributed by atoms with Crippen LogP contribution in [0.15, 0.2) is 29.2 Å². The molecule has 0 aromatic heterocycles. The average Bonchev–Trinajstić information content (AvgIpc) is 2.35. The fourth-order valence-electron chi connectivity index (χ4n) is 2.48. The molecule has 1 unspecified atom stereocenters. The van der Waals surface area contributed by atoms with Crippen molar-refractivity contribution >= 4 is 17.7 Å². The highest BCUT2D eigenvalue weighted by Crippen LogP contribution is 2.39. The molecule has 1 N–H and O–H groups in total. The van der Waals surface area contributed by atoms with Crippen molar-refractivity contribution in [3.63, 3.8) is 0 Å². The Kier molecular flexibility index (Phi) is 4.30. The highest BCUT2D eigenvalue weighted by atomic mass is 32.2. The molecular formula is C14H19NO2S. The zero-order valence-electron chi connectivity index (χ0n) is 10.8. The van der Waals surface area contributed by atoms with Gasteiger partial charge in [0, 0.05) is 17.0 Å². The molecule has 1 heterocycles. The van der Waals surface area contributed by atoms with Gasteiger partial charge in [-0.15, -0.1) is 11.8 Å². The summed E-state index contributed by atoms with van der Waals surface area (Å²) in [6.45, 7) is 4.24. The first-order valence-corrected chi connectivity index (χ1v) is 7.27. The highest BCUT2D eigenvalue weighted by Gasteiger charge is 2.28. The molecule has 3 nitrogen and oxygen atoms in total. The van der Waals surface area contributed by atoms with Gasteiger partial charge in [0.05, 0.1) is 6.54 Å². The molecule has 0 amide bonds. The van der Waals surface area contributed by atoms with Gasteiger partial charge in [-0.3, -0.25) is 9.69 Å². The first-order valence-electron chi connectivity index (χ1n) is 6.29. The predicted octanol–water partition coefficient (Wildman–Crippen LogP) is 3.02. The molecule has 0 bridgehead atoms. The van der Waals surface area contributed by atoms with Crippen LogP contribution in [0.1, 0.15) is 31.9 Å². The average molecular weight is 265 g/mol. The van der Waals surface area contributed by atoms with Crippen molar-refractivity contribution in [2.45, 2.75) is 37.2 Å². The van der Waals surface area contributed by atoms with E-state index in [1.165, 1.54) is 10.5 Å². The molecule has 0 spiro atoms. The summed E-state index contributed by atoms with van der Waals surface area (Å²) < 4.78 is 0. The van der Waals surface area contributed by atoms with Gasteiger partial charge < -0.3 is 5.11 Å². The van der Waals surface area contributed by atoms with Crippen molar-refractivity contribution in [1.82, 2.24) is 4.90 Å². The van der Waals surface area contributed by atoms with Gasteiger partial charge in [-0.2, -0.15) is 0 Å². The first-order chi connectivity index (χ1) is 8.59. The molecule has 0 fully saturated rings. The van der Waals surface area contributed by atoms with Crippen LogP contribution >= 0.6 is 11.8 Å². The van der Waals surface area contributed by atoms with E-state index in [1.807, 2.05) is 23.9 Å². The molecule has 1 aliphatic rings. The topological polar surface area (TPSA) is 40.5 Å². The van der Waals surface area contributed by atoms with Crippen LogP contribution in [0.25, 0.3) is 0 Å². The molecule has 4 heteroatoms. The third-order valence-electron chi connectivity index (χ3n) is 3.31. The minimum absolute atomic E-state index is 0.112. The molecular weight excluding hydrogens is 246 g/mol. The van der Waals surface area contributed by atoms with Gasteiger partial charge in [0.15, 0.2) is 0 Å². The van der Waals surface area contributed by atoms with Crippen molar-refractivity contribution in [3.8, 4) is 0 Å². The van der Waals surface area contributed by atoms with E-state index in [-0.39, 0.29) is 18.6 Å². The summed E-state index contributed by atoms with van der Waals surface area (Å²) in [4.78, 5) is 14.4. The van der Waals surface area contributed by atoms with E-state index in [2.05, 4.69) is 30.9 Å². The largest absolute Gasteiger partial charge is 0.480 e. The van der Waals surface area contributed by atoms with Gasteiger partial charge in [0.1, 0.15) is 0 Å². The quantitative estimate of drug-likeness (QED) is 0.908. The highest BCUT2D eigenvalue weighted by molar-refractivity contribution is 7.99. The van der Waals surface area contributed by atoms with E-state index < -0.39 is 5.97 Å². The Morgan fingerprint density at radius 1 is 1.50 bits per heavy atom. The Bertz CT molecular complexity index is 434. The molecule has 2 rings (SSSR count). The van der Waals surface area contributed by atoms with Crippen molar-refractivity contribution in [1.29, 1.82) is 0 Å². The van der Waals surface area contributed by atoms with Crippen LogP contribution in [-0.2, 0) is 4.79 Å². The third-order valence-corrected chi connectivity index (χ3v) is 4.43. The number of hydrogen-bond donors (Lipinski definition) is 1. The maximum absolute atomic E-state index is 11.0. The van der Waals surface area contributed by atoms with E-state index in [0.29, 0.717) is 0 Å². The second-order valence-electron chi connectivity index (χ2n) is 4.85. The number of nitrogens with zero attached hydrogens (tertiary/aromatic N) is 1. The lowest BCUT2D eigenvalue weighted by molar-refractivity contribution is -0.139. The normalized spacial score (nSPS) is 19.0. The molecule has 1 aromatic carbocycles. The number of benzene rings is 1. The predicted molar refractivity (Wildman–Crippen MR) is 74.0 cm³/mol. The van der Waals surface area contributed by atoms with Gasteiger partial charge in [0.2, 0.25) is 0 Å². The van der Waals surface area contributed by atoms with Crippen molar-refractivity contribution < 1.29 is 9.90 Å². The Morgan fingerprint density at radius 2 is 2.22 bits per heavy atom. The molecule has 0 radical (unpaired) electrons. The lowest BCUT2D eigenvalue weighted by Gasteiger charge is -2.37. The summed E-state index contributed by atoms with van der Waals surface area (Å²) in [7, 11) is 0. The van der Waals surface area contributed by atoms with Gasteiger partial charge in [-0.25, -0.2) is 0 Å². The zero-order valence-corrected chi connectivity index (χ0v) is 11.6. The standard InChI is InChI=1S/C14H19NO2S/c1-10(2)15(9-14(16)17)12-7-8-18-13-6-4-3-5-11(12)13/h3-6,10,12H,7-9H2,1-2H3,(H,16,17). The fourth-order valence-corrected chi connectivity index (χ4v) is 3.58. The molecule has 1 aromatic rings. The SMILES string of the molecule is CC(C)N(CC(=O)O)C1CCSc2ccccc21. The minimum atomic E-state index is -0.751. The number of carboxylic acid groups (broad SMARTS) is 1. The molecule has 98 valence electrons. The van der Waals surface area contributed by atoms with Crippen LogP contribution in [0.5, 0.6) is 0 Å². The van der Waals surface area contributed by atoms with Gasteiger partial charge in [-0.1, -0.05) is 18.2 Å². The first kappa shape index (κ1) is 13.4. The number of rotatable bonds is 4. The number of carbonyl (C=O) groups is 1. The lowest BCUT2D eigenvalue weighted by atomic mass is 10.0. The molecule has 18 heavy (non-hydrogen) atoms. The monoisotopic (exact) mass is 265 g/mol. The number of carboxylic acids is 1. The molecule has 0 saturated carbocycles. The Morgan fingerprint density at radius 3 is 2.89 bits per heavy atom. The number of thioether (sulfide) groups is 1. The van der Waals surface area contributed by atoms with Crippen LogP contribution < -0.4 is 0 Å². The number of fused-ring (bicyclic) bond motifs is 1. The lowest BCUT2D eigenvalue weighted by Crippen LogP contribution is -2.40. The van der Waals surface area contributed by atoms with Crippen molar-refractivity contribution in [3.05, 3.63) is 29.8 Å². The van der Waals surface area contributed by atoms with E-state index in [1.54, 1.807) is 0 Å². The molecule has 1 atom stereocenters. The van der Waals surface area contributed by atoms with E-state index in [4.69, 9.17) is 5.11 Å². The summed E-state index contributed by atoms with van der Waals surface area (Å²) >= 11 is 1.87. The van der Waals surface area contributed by atoms with Gasteiger partial charge in [0.25, 0.3) is 0 Å². The Labute approximate surface area is 112 Å². The number of aliphatic carboxylic acids is 1. The van der Waals surface area contributed by atoms with Crippen molar-refractivity contribution in [2.24, 2.45) is 0 Å². The Hall–Kier alpha value is -1.00. The van der Waals surface area contributed by atoms with Crippen LogP contribution in [0.3, 0.4) is 0 Å². The second-order valence-corrected chi connectivity index (χ2v) is 5.99. The number of hydrogen-bond acceptors (Lipinski definition) is 3. The Balaban J connectivity index is 2.29. The molecule has 1 aliphatic heterocycles. The van der Waals surface area contributed by atoms with Gasteiger partial charge in [-0.05, 0) is 37.7 Å². The summed E-state index contributed by atoms with van der Waals surface area (Å²) in [5, 5.41) is 9.06. The van der Waals surface area contributed by atoms with E-state index in [0.717, 1.165) is 12.2 Å². The third kappa shape index (κ3) is 2.87. The van der Waals surface area contributed by atoms with Crippen LogP contribution in [-0.4, -0.2) is 34.3 Å². The summed E-state index contributed by atoms with van der Waals surface area (Å²) in [6.07, 6.45) is 1.02. The maximum Gasteiger partial charge on any atom is 0.317 e. The summed E-state index contributed by atoms with van der Waals surface area (Å²) in [5.74, 6) is 0.309. The van der Waals surface area contributed by atoms with Crippen LogP contribution in [0, 0.1) is 0 Å². The zero-order chi connectivity index (χ0) is 13.1. The smallest absolute Gasteiger partial charge is 0.317 e. The van der Waals surface area contributed by atoms with Crippen LogP contribution in [0.2, 0.25) is 0 Å². The molecule has 0 saturated heterocycles. The summed E-state index contributed by atoms with van der Waals surface area (Å²) in [5.41, 5.74) is 1.28. The van der Waals surface area contributed by atoms with Gasteiger partial charge >= 0.3 is 5.97 Å². The maximum atomic E-state index is 11.0. The molecule has 0 aliphatic carbocycles. The van der Waals surface area contributed by atoms with E-state index >= 15 is 0 Å². The van der Waals surface area contributed by atoms with Crippen LogP contribution in [0.4, 0.5) is 0 Å². The van der Waals surface area contributed by atoms with E-state index in [9.17, 15) is 4.79 Å².